The fourth-order valence-electron chi connectivity index (χ4n) is 4.94. The second kappa shape index (κ2) is 13.0. The van der Waals surface area contributed by atoms with Crippen molar-refractivity contribution in [1.29, 1.82) is 0 Å². The van der Waals surface area contributed by atoms with Crippen LogP contribution in [0.1, 0.15) is 68.7 Å². The minimum atomic E-state index is -1.20. The van der Waals surface area contributed by atoms with E-state index in [2.05, 4.69) is 15.0 Å². The van der Waals surface area contributed by atoms with Gasteiger partial charge in [0.05, 0.1) is 11.4 Å². The summed E-state index contributed by atoms with van der Waals surface area (Å²) < 4.78 is 19.5. The van der Waals surface area contributed by atoms with E-state index >= 15 is 4.39 Å². The number of nitrogen functional groups attached to an aromatic ring is 1. The molecule has 3 amide bonds. The molecule has 2 aromatic heterocycles. The zero-order chi connectivity index (χ0) is 28.8. The van der Waals surface area contributed by atoms with Crippen molar-refractivity contribution in [3.05, 3.63) is 98.9 Å². The van der Waals surface area contributed by atoms with E-state index < -0.39 is 29.6 Å². The Labute approximate surface area is 245 Å². The molecule has 2 aromatic carbocycles. The van der Waals surface area contributed by atoms with Crippen molar-refractivity contribution < 1.29 is 18.8 Å². The van der Waals surface area contributed by atoms with E-state index in [1.807, 2.05) is 30.3 Å². The zero-order valence-electron chi connectivity index (χ0n) is 22.2. The molecule has 1 unspecified atom stereocenters. The Morgan fingerprint density at radius 2 is 1.73 bits per heavy atom. The first kappa shape index (κ1) is 28.4. The number of hydrogen-bond acceptors (Lipinski definition) is 7. The number of halogens is 1. The quantitative estimate of drug-likeness (QED) is 0.231. The highest BCUT2D eigenvalue weighted by Gasteiger charge is 2.38. The lowest BCUT2D eigenvalue weighted by Gasteiger charge is -2.30. The Kier molecular flexibility index (Phi) is 9.05. The van der Waals surface area contributed by atoms with Gasteiger partial charge in [0.2, 0.25) is 5.91 Å². The van der Waals surface area contributed by atoms with E-state index in [-0.39, 0.29) is 34.5 Å². The van der Waals surface area contributed by atoms with E-state index in [1.165, 1.54) is 29.5 Å². The predicted molar refractivity (Wildman–Crippen MR) is 159 cm³/mol. The largest absolute Gasteiger partial charge is 0.395 e. The molecule has 11 heteroatoms. The van der Waals surface area contributed by atoms with Crippen LogP contribution in [0.25, 0.3) is 0 Å². The molecule has 8 nitrogen and oxygen atoms in total. The minimum absolute atomic E-state index is 0.0305. The van der Waals surface area contributed by atoms with Crippen molar-refractivity contribution >= 4 is 52.0 Å². The van der Waals surface area contributed by atoms with Crippen LogP contribution in [0.15, 0.2) is 72.1 Å². The number of nitrogens with one attached hydrogen (secondary N) is 2. The first-order valence-corrected chi connectivity index (χ1v) is 15.1. The number of nitrogens with zero attached hydrogens (tertiary/aromatic N) is 2. The van der Waals surface area contributed by atoms with E-state index in [0.29, 0.717) is 4.88 Å². The van der Waals surface area contributed by atoms with Crippen molar-refractivity contribution in [3.63, 3.8) is 0 Å². The lowest BCUT2D eigenvalue weighted by Crippen LogP contribution is -2.44. The zero-order valence-corrected chi connectivity index (χ0v) is 23.8. The number of thiophene rings is 1. The van der Waals surface area contributed by atoms with E-state index in [1.54, 1.807) is 23.6 Å². The Morgan fingerprint density at radius 1 is 1.00 bits per heavy atom. The standard InChI is InChI=1S/C30H30FN5O3S2/c31-21-14-7-8-15-22(21)36(26(23-16-9-17-40-23)29(38)33-18-19-10-3-1-4-11-19)30(39)27-24(32)25(35-41-27)28(37)34-20-12-5-2-6-13-20/h1,3-4,7-11,14-17,20,26H,2,5-6,12-13,18,32H2,(H,33,38)(H,34,37). The number of carbonyl (C=O) groups is 3. The summed E-state index contributed by atoms with van der Waals surface area (Å²) in [7, 11) is 0. The van der Waals surface area contributed by atoms with Crippen LogP contribution in [0.4, 0.5) is 15.8 Å². The maximum atomic E-state index is 15.3. The summed E-state index contributed by atoms with van der Waals surface area (Å²) in [5, 5.41) is 7.65. The normalized spacial score (nSPS) is 14.3. The van der Waals surface area contributed by atoms with Gasteiger partial charge in [0.25, 0.3) is 11.8 Å². The van der Waals surface area contributed by atoms with Crippen LogP contribution in [0.5, 0.6) is 0 Å². The van der Waals surface area contributed by atoms with Crippen molar-refractivity contribution in [1.82, 2.24) is 15.0 Å². The molecule has 4 N–H and O–H groups in total. The van der Waals surface area contributed by atoms with Crippen LogP contribution in [0, 0.1) is 5.82 Å². The van der Waals surface area contributed by atoms with Crippen LogP contribution in [0.3, 0.4) is 0 Å². The van der Waals surface area contributed by atoms with Gasteiger partial charge in [-0.2, -0.15) is 4.37 Å². The third kappa shape index (κ3) is 6.47. The number of carbonyl (C=O) groups excluding carboxylic acids is 3. The van der Waals surface area contributed by atoms with Gasteiger partial charge < -0.3 is 16.4 Å². The smallest absolute Gasteiger partial charge is 0.273 e. The summed E-state index contributed by atoms with van der Waals surface area (Å²) in [4.78, 5) is 42.6. The van der Waals surface area contributed by atoms with Crippen LogP contribution < -0.4 is 21.3 Å². The molecule has 0 spiro atoms. The lowest BCUT2D eigenvalue weighted by atomic mass is 9.95. The highest BCUT2D eigenvalue weighted by molar-refractivity contribution is 7.10. The molecular weight excluding hydrogens is 561 g/mol. The maximum absolute atomic E-state index is 15.3. The summed E-state index contributed by atoms with van der Waals surface area (Å²) in [5.41, 5.74) is 6.98. The van der Waals surface area contributed by atoms with Crippen molar-refractivity contribution in [3.8, 4) is 0 Å². The number of anilines is 2. The molecule has 0 bridgehead atoms. The summed E-state index contributed by atoms with van der Waals surface area (Å²) in [6.07, 6.45) is 4.97. The lowest BCUT2D eigenvalue weighted by molar-refractivity contribution is -0.122. The number of amides is 3. The molecule has 1 fully saturated rings. The molecule has 2 heterocycles. The highest BCUT2D eigenvalue weighted by Crippen LogP contribution is 2.36. The second-order valence-electron chi connectivity index (χ2n) is 9.83. The monoisotopic (exact) mass is 591 g/mol. The second-order valence-corrected chi connectivity index (χ2v) is 11.6. The van der Waals surface area contributed by atoms with Crippen LogP contribution in [-0.4, -0.2) is 28.1 Å². The first-order chi connectivity index (χ1) is 19.9. The van der Waals surface area contributed by atoms with E-state index in [4.69, 9.17) is 5.73 Å². The van der Waals surface area contributed by atoms with Gasteiger partial charge in [0, 0.05) is 17.5 Å². The summed E-state index contributed by atoms with van der Waals surface area (Å²) >= 11 is 2.03. The van der Waals surface area contributed by atoms with Crippen molar-refractivity contribution in [2.75, 3.05) is 10.6 Å². The topological polar surface area (TPSA) is 117 Å². The van der Waals surface area contributed by atoms with E-state index in [0.717, 1.165) is 54.1 Å². The molecule has 41 heavy (non-hydrogen) atoms. The van der Waals surface area contributed by atoms with Gasteiger partial charge >= 0.3 is 0 Å². The summed E-state index contributed by atoms with van der Waals surface area (Å²) in [5.74, 6) is -2.35. The van der Waals surface area contributed by atoms with Crippen LogP contribution in [0.2, 0.25) is 0 Å². The van der Waals surface area contributed by atoms with Gasteiger partial charge in [-0.3, -0.25) is 19.3 Å². The number of benzene rings is 2. The van der Waals surface area contributed by atoms with Gasteiger partial charge in [-0.05, 0) is 53.5 Å². The van der Waals surface area contributed by atoms with Crippen molar-refractivity contribution in [2.45, 2.75) is 50.7 Å². The van der Waals surface area contributed by atoms with Gasteiger partial charge in [-0.15, -0.1) is 11.3 Å². The number of nitrogens with two attached hydrogens (primary N) is 1. The molecule has 4 aromatic rings. The van der Waals surface area contributed by atoms with Crippen molar-refractivity contribution in [2.24, 2.45) is 0 Å². The number of para-hydroxylation sites is 1. The summed E-state index contributed by atoms with van der Waals surface area (Å²) in [6, 6.07) is 17.4. The molecule has 1 aliphatic rings. The molecule has 1 aliphatic carbocycles. The van der Waals surface area contributed by atoms with Crippen LogP contribution >= 0.6 is 22.9 Å². The summed E-state index contributed by atoms with van der Waals surface area (Å²) in [6.45, 7) is 0.217. The molecular formula is C30H30FN5O3S2. The third-order valence-corrected chi connectivity index (χ3v) is 8.81. The van der Waals surface area contributed by atoms with Gasteiger partial charge in [0.1, 0.15) is 10.7 Å². The Morgan fingerprint density at radius 3 is 2.44 bits per heavy atom. The maximum Gasteiger partial charge on any atom is 0.273 e. The molecule has 1 saturated carbocycles. The Bertz CT molecular complexity index is 1500. The van der Waals surface area contributed by atoms with Crippen LogP contribution in [-0.2, 0) is 11.3 Å². The Balaban J connectivity index is 1.49. The number of rotatable bonds is 9. The molecule has 1 atom stereocenters. The van der Waals surface area contributed by atoms with Gasteiger partial charge in [0.15, 0.2) is 11.7 Å². The first-order valence-electron chi connectivity index (χ1n) is 13.4. The van der Waals surface area contributed by atoms with Gasteiger partial charge in [-0.1, -0.05) is 67.8 Å². The van der Waals surface area contributed by atoms with E-state index in [9.17, 15) is 14.4 Å². The molecule has 0 radical (unpaired) electrons. The molecule has 212 valence electrons. The predicted octanol–water partition coefficient (Wildman–Crippen LogP) is 5.69. The fraction of sp³-hybridized carbons (Fsp3) is 0.267. The molecule has 0 saturated heterocycles. The fourth-order valence-corrected chi connectivity index (χ4v) is 6.49. The van der Waals surface area contributed by atoms with Gasteiger partial charge in [-0.25, -0.2) is 4.39 Å². The SMILES string of the molecule is Nc1c(C(=O)NC2CCCCC2)nsc1C(=O)N(c1ccccc1F)C(C(=O)NCc1ccccc1)c1cccs1. The number of aromatic nitrogens is 1. The average molecular weight is 592 g/mol. The average Bonchev–Trinajstić information content (AvgIpc) is 3.66. The molecule has 5 rings (SSSR count). The Hall–Kier alpha value is -4.09. The minimum Gasteiger partial charge on any atom is -0.395 e. The molecule has 0 aliphatic heterocycles. The third-order valence-electron chi connectivity index (χ3n) is 7.04. The number of hydrogen-bond donors (Lipinski definition) is 3. The highest BCUT2D eigenvalue weighted by atomic mass is 32.1.